The lowest BCUT2D eigenvalue weighted by atomic mass is 10.2. The number of nitrogen functional groups attached to an aromatic ring is 1. The lowest BCUT2D eigenvalue weighted by Crippen LogP contribution is -1.99. The molecule has 4 heteroatoms. The van der Waals surface area contributed by atoms with Crippen molar-refractivity contribution in [1.82, 2.24) is 0 Å². The number of rotatable bonds is 4. The van der Waals surface area contributed by atoms with Crippen LogP contribution in [0.5, 0.6) is 0 Å². The van der Waals surface area contributed by atoms with Crippen LogP contribution >= 0.6 is 11.8 Å². The minimum absolute atomic E-state index is 0.0403. The molecule has 0 bridgehead atoms. The van der Waals surface area contributed by atoms with Gasteiger partial charge < -0.3 is 10.8 Å². The van der Waals surface area contributed by atoms with E-state index in [1.807, 2.05) is 48.5 Å². The third-order valence-electron chi connectivity index (χ3n) is 2.40. The van der Waals surface area contributed by atoms with Gasteiger partial charge in [0, 0.05) is 15.5 Å². The Labute approximate surface area is 110 Å². The quantitative estimate of drug-likeness (QED) is 0.828. The van der Waals surface area contributed by atoms with E-state index in [9.17, 15) is 4.79 Å². The van der Waals surface area contributed by atoms with E-state index in [0.717, 1.165) is 21.0 Å². The van der Waals surface area contributed by atoms with Gasteiger partial charge in [-0.1, -0.05) is 36.0 Å². The number of carbonyl (C=O) groups is 1. The lowest BCUT2D eigenvalue weighted by molar-refractivity contribution is -0.136. The van der Waals surface area contributed by atoms with Crippen molar-refractivity contribution in [2.75, 3.05) is 5.73 Å². The molecular weight excluding hydrogens is 246 g/mol. The molecule has 0 unspecified atom stereocenters. The number of nitrogens with two attached hydrogens (primary N) is 1. The summed E-state index contributed by atoms with van der Waals surface area (Å²) in [6, 6.07) is 15.1. The van der Waals surface area contributed by atoms with Crippen molar-refractivity contribution in [3.8, 4) is 0 Å². The fraction of sp³-hybridized carbons (Fsp3) is 0.0714. The van der Waals surface area contributed by atoms with E-state index in [-0.39, 0.29) is 6.42 Å². The van der Waals surface area contributed by atoms with E-state index in [4.69, 9.17) is 10.8 Å². The van der Waals surface area contributed by atoms with Crippen LogP contribution in [-0.4, -0.2) is 11.1 Å². The largest absolute Gasteiger partial charge is 0.481 e. The Balaban J connectivity index is 2.19. The molecule has 0 heterocycles. The lowest BCUT2D eigenvalue weighted by Gasteiger charge is -2.06. The monoisotopic (exact) mass is 259 g/mol. The van der Waals surface area contributed by atoms with Gasteiger partial charge in [0.2, 0.25) is 0 Å². The van der Waals surface area contributed by atoms with Gasteiger partial charge in [-0.2, -0.15) is 0 Å². The van der Waals surface area contributed by atoms with E-state index >= 15 is 0 Å². The molecule has 0 aliphatic carbocycles. The highest BCUT2D eigenvalue weighted by Crippen LogP contribution is 2.32. The maximum Gasteiger partial charge on any atom is 0.307 e. The zero-order valence-corrected chi connectivity index (χ0v) is 10.5. The highest BCUT2D eigenvalue weighted by molar-refractivity contribution is 7.99. The number of carboxylic acids is 1. The Hall–Kier alpha value is -1.94. The molecule has 2 rings (SSSR count). The van der Waals surface area contributed by atoms with Crippen LogP contribution in [0, 0.1) is 0 Å². The predicted octanol–water partition coefficient (Wildman–Crippen LogP) is 3.05. The van der Waals surface area contributed by atoms with Crippen molar-refractivity contribution in [1.29, 1.82) is 0 Å². The van der Waals surface area contributed by atoms with Crippen molar-refractivity contribution in [3.05, 3.63) is 54.1 Å². The van der Waals surface area contributed by atoms with Crippen molar-refractivity contribution in [2.24, 2.45) is 0 Å². The Morgan fingerprint density at radius 2 is 1.94 bits per heavy atom. The number of hydrogen-bond donors (Lipinski definition) is 2. The van der Waals surface area contributed by atoms with Crippen LogP contribution in [0.1, 0.15) is 5.56 Å². The van der Waals surface area contributed by atoms with Crippen LogP contribution in [0.3, 0.4) is 0 Å². The van der Waals surface area contributed by atoms with Crippen molar-refractivity contribution in [3.63, 3.8) is 0 Å². The summed E-state index contributed by atoms with van der Waals surface area (Å²) in [4.78, 5) is 12.6. The molecule has 3 N–H and O–H groups in total. The summed E-state index contributed by atoms with van der Waals surface area (Å²) >= 11 is 1.54. The molecule has 0 saturated carbocycles. The molecule has 0 fully saturated rings. The van der Waals surface area contributed by atoms with Crippen LogP contribution in [0.25, 0.3) is 0 Å². The topological polar surface area (TPSA) is 63.3 Å². The molecule has 0 amide bonds. The molecular formula is C14H13NO2S. The van der Waals surface area contributed by atoms with Crippen LogP contribution in [0.4, 0.5) is 5.69 Å². The summed E-state index contributed by atoms with van der Waals surface area (Å²) in [6.07, 6.45) is 0.0403. The van der Waals surface area contributed by atoms with Gasteiger partial charge >= 0.3 is 5.97 Å². The van der Waals surface area contributed by atoms with Crippen LogP contribution < -0.4 is 5.73 Å². The zero-order chi connectivity index (χ0) is 13.0. The summed E-state index contributed by atoms with van der Waals surface area (Å²) in [5.74, 6) is -0.823. The van der Waals surface area contributed by atoms with E-state index < -0.39 is 5.97 Å². The fourth-order valence-corrected chi connectivity index (χ4v) is 2.54. The van der Waals surface area contributed by atoms with Gasteiger partial charge in [0.05, 0.1) is 6.42 Å². The first kappa shape index (κ1) is 12.5. The van der Waals surface area contributed by atoms with E-state index in [2.05, 4.69) is 0 Å². The number of carboxylic acid groups (broad SMARTS) is 1. The molecule has 0 aliphatic heterocycles. The standard InChI is InChI=1S/C14H13NO2S/c15-12-6-1-2-7-13(12)18-11-5-3-4-10(8-11)9-14(16)17/h1-8H,9,15H2,(H,16,17). The summed E-state index contributed by atoms with van der Waals surface area (Å²) < 4.78 is 0. The molecule has 0 atom stereocenters. The third-order valence-corrected chi connectivity index (χ3v) is 3.48. The molecule has 0 saturated heterocycles. The molecule has 18 heavy (non-hydrogen) atoms. The average Bonchev–Trinajstić information content (AvgIpc) is 2.32. The Morgan fingerprint density at radius 3 is 2.67 bits per heavy atom. The molecule has 2 aromatic rings. The van der Waals surface area contributed by atoms with Gasteiger partial charge in [-0.3, -0.25) is 4.79 Å². The van der Waals surface area contributed by atoms with E-state index in [0.29, 0.717) is 0 Å². The van der Waals surface area contributed by atoms with Crippen LogP contribution in [-0.2, 0) is 11.2 Å². The first-order valence-electron chi connectivity index (χ1n) is 5.48. The fourth-order valence-electron chi connectivity index (χ4n) is 1.59. The summed E-state index contributed by atoms with van der Waals surface area (Å²) in [6.45, 7) is 0. The predicted molar refractivity (Wildman–Crippen MR) is 72.8 cm³/mol. The molecule has 92 valence electrons. The second-order valence-corrected chi connectivity index (χ2v) is 4.97. The SMILES string of the molecule is Nc1ccccc1Sc1cccc(CC(=O)O)c1. The minimum atomic E-state index is -0.823. The van der Waals surface area contributed by atoms with Gasteiger partial charge in [0.15, 0.2) is 0 Å². The molecule has 3 nitrogen and oxygen atoms in total. The smallest absolute Gasteiger partial charge is 0.307 e. The number of hydrogen-bond acceptors (Lipinski definition) is 3. The van der Waals surface area contributed by atoms with E-state index in [1.54, 1.807) is 0 Å². The number of aliphatic carboxylic acids is 1. The third kappa shape index (κ3) is 3.28. The van der Waals surface area contributed by atoms with Gasteiger partial charge in [-0.25, -0.2) is 0 Å². The van der Waals surface area contributed by atoms with Crippen LogP contribution in [0.2, 0.25) is 0 Å². The van der Waals surface area contributed by atoms with Crippen molar-refractivity contribution >= 4 is 23.4 Å². The minimum Gasteiger partial charge on any atom is -0.481 e. The summed E-state index contributed by atoms with van der Waals surface area (Å²) in [5.41, 5.74) is 7.39. The molecule has 2 aromatic carbocycles. The second-order valence-electron chi connectivity index (χ2n) is 3.86. The Morgan fingerprint density at radius 1 is 1.17 bits per heavy atom. The summed E-state index contributed by atoms with van der Waals surface area (Å²) in [5, 5.41) is 8.76. The zero-order valence-electron chi connectivity index (χ0n) is 9.67. The second kappa shape index (κ2) is 5.60. The Bertz CT molecular complexity index is 569. The molecule has 0 radical (unpaired) electrons. The van der Waals surface area contributed by atoms with Gasteiger partial charge in [-0.05, 0) is 29.8 Å². The highest BCUT2D eigenvalue weighted by Gasteiger charge is 2.04. The number of benzene rings is 2. The average molecular weight is 259 g/mol. The van der Waals surface area contributed by atoms with Crippen LogP contribution in [0.15, 0.2) is 58.3 Å². The molecule has 0 aliphatic rings. The van der Waals surface area contributed by atoms with Crippen molar-refractivity contribution in [2.45, 2.75) is 16.2 Å². The summed E-state index contributed by atoms with van der Waals surface area (Å²) in [7, 11) is 0. The maximum atomic E-state index is 10.7. The number of para-hydroxylation sites is 1. The van der Waals surface area contributed by atoms with E-state index in [1.165, 1.54) is 11.8 Å². The molecule has 0 spiro atoms. The van der Waals surface area contributed by atoms with Gasteiger partial charge in [-0.15, -0.1) is 0 Å². The normalized spacial score (nSPS) is 10.2. The number of anilines is 1. The first-order valence-corrected chi connectivity index (χ1v) is 6.30. The maximum absolute atomic E-state index is 10.7. The van der Waals surface area contributed by atoms with Gasteiger partial charge in [0.1, 0.15) is 0 Å². The van der Waals surface area contributed by atoms with Gasteiger partial charge in [0.25, 0.3) is 0 Å². The highest BCUT2D eigenvalue weighted by atomic mass is 32.2. The van der Waals surface area contributed by atoms with Crippen molar-refractivity contribution < 1.29 is 9.90 Å². The first-order chi connectivity index (χ1) is 8.65. The molecule has 0 aromatic heterocycles. The Kier molecular flexibility index (Phi) is 3.89.